The monoisotopic (exact) mass is 480 g/mol. The van der Waals surface area contributed by atoms with Crippen molar-refractivity contribution in [1.82, 2.24) is 0 Å². The van der Waals surface area contributed by atoms with Gasteiger partial charge >= 0.3 is 5.97 Å². The summed E-state index contributed by atoms with van der Waals surface area (Å²) in [6.45, 7) is 7.77. The SMILES string of the molecule is CC(C)(C)OC(=O)C(C)(C)Oc1c(F)cc(C=CC(=O)c2ccc(Br)cc2)cc1F. The topological polar surface area (TPSA) is 52.6 Å². The van der Waals surface area contributed by atoms with E-state index in [1.165, 1.54) is 26.0 Å². The zero-order valence-corrected chi connectivity index (χ0v) is 19.0. The van der Waals surface area contributed by atoms with Crippen molar-refractivity contribution >= 4 is 33.8 Å². The predicted molar refractivity (Wildman–Crippen MR) is 114 cm³/mol. The Hall–Kier alpha value is -2.54. The first kappa shape index (κ1) is 23.7. The molecule has 2 aromatic carbocycles. The molecule has 0 aliphatic heterocycles. The van der Waals surface area contributed by atoms with E-state index in [-0.39, 0.29) is 11.3 Å². The lowest BCUT2D eigenvalue weighted by Crippen LogP contribution is -2.43. The maximum absolute atomic E-state index is 14.5. The number of carbonyl (C=O) groups excluding carboxylic acids is 2. The van der Waals surface area contributed by atoms with Crippen molar-refractivity contribution in [1.29, 1.82) is 0 Å². The van der Waals surface area contributed by atoms with Crippen molar-refractivity contribution in [3.8, 4) is 5.75 Å². The zero-order chi connectivity index (χ0) is 22.7. The molecule has 0 amide bonds. The summed E-state index contributed by atoms with van der Waals surface area (Å²) < 4.78 is 40.4. The first-order chi connectivity index (χ1) is 13.8. The van der Waals surface area contributed by atoms with Gasteiger partial charge in [0.1, 0.15) is 5.60 Å². The van der Waals surface area contributed by atoms with E-state index in [1.54, 1.807) is 45.0 Å². The zero-order valence-electron chi connectivity index (χ0n) is 17.4. The minimum Gasteiger partial charge on any atom is -0.470 e. The van der Waals surface area contributed by atoms with Crippen LogP contribution < -0.4 is 4.74 Å². The Bertz CT molecular complexity index is 951. The number of ketones is 1. The van der Waals surface area contributed by atoms with Crippen LogP contribution in [-0.4, -0.2) is 23.0 Å². The molecule has 0 saturated carbocycles. The van der Waals surface area contributed by atoms with Gasteiger partial charge in [-0.05, 0) is 82.7 Å². The Morgan fingerprint density at radius 2 is 1.50 bits per heavy atom. The van der Waals surface area contributed by atoms with E-state index in [9.17, 15) is 18.4 Å². The number of hydrogen-bond donors (Lipinski definition) is 0. The van der Waals surface area contributed by atoms with Crippen molar-refractivity contribution in [2.24, 2.45) is 0 Å². The Labute approximate surface area is 183 Å². The van der Waals surface area contributed by atoms with Gasteiger partial charge in [-0.3, -0.25) is 4.79 Å². The van der Waals surface area contributed by atoms with Crippen LogP contribution in [0, 0.1) is 11.6 Å². The lowest BCUT2D eigenvalue weighted by molar-refractivity contribution is -0.171. The van der Waals surface area contributed by atoms with Gasteiger partial charge in [0.15, 0.2) is 23.2 Å². The third-order valence-corrected chi connectivity index (χ3v) is 4.35. The Morgan fingerprint density at radius 3 is 2.00 bits per heavy atom. The van der Waals surface area contributed by atoms with E-state index in [2.05, 4.69) is 15.9 Å². The molecule has 7 heteroatoms. The van der Waals surface area contributed by atoms with Crippen LogP contribution in [-0.2, 0) is 9.53 Å². The normalized spacial score (nSPS) is 12.1. The smallest absolute Gasteiger partial charge is 0.350 e. The third-order valence-electron chi connectivity index (χ3n) is 3.82. The van der Waals surface area contributed by atoms with Crippen LogP contribution >= 0.6 is 15.9 Å². The number of allylic oxidation sites excluding steroid dienone is 1. The van der Waals surface area contributed by atoms with Crippen molar-refractivity contribution in [2.45, 2.75) is 45.8 Å². The molecule has 0 fully saturated rings. The Balaban J connectivity index is 2.19. The van der Waals surface area contributed by atoms with Crippen LogP contribution in [0.3, 0.4) is 0 Å². The van der Waals surface area contributed by atoms with Crippen LogP contribution in [0.5, 0.6) is 5.75 Å². The average Bonchev–Trinajstić information content (AvgIpc) is 2.62. The highest BCUT2D eigenvalue weighted by molar-refractivity contribution is 9.10. The molecule has 0 spiro atoms. The van der Waals surface area contributed by atoms with Crippen LogP contribution in [0.4, 0.5) is 8.78 Å². The molecule has 0 aliphatic carbocycles. The molecule has 0 aromatic heterocycles. The van der Waals surface area contributed by atoms with Gasteiger partial charge in [0, 0.05) is 10.0 Å². The number of ether oxygens (including phenoxy) is 2. The van der Waals surface area contributed by atoms with E-state index < -0.39 is 34.6 Å². The second-order valence-electron chi connectivity index (χ2n) is 8.13. The maximum atomic E-state index is 14.5. The standard InChI is InChI=1S/C23H23BrF2O4/c1-22(2,3)30-21(28)23(4,5)29-20-17(25)12-14(13-18(20)26)6-11-19(27)15-7-9-16(24)10-8-15/h6-13H,1-5H3. The molecule has 2 aromatic rings. The third kappa shape index (κ3) is 6.49. The number of rotatable bonds is 6. The van der Waals surface area contributed by atoms with Crippen molar-refractivity contribution < 1.29 is 27.8 Å². The fourth-order valence-corrected chi connectivity index (χ4v) is 2.62. The van der Waals surface area contributed by atoms with Gasteiger partial charge in [-0.25, -0.2) is 13.6 Å². The molecule has 0 radical (unpaired) electrons. The average molecular weight is 481 g/mol. The summed E-state index contributed by atoms with van der Waals surface area (Å²) in [5.41, 5.74) is -1.80. The van der Waals surface area contributed by atoms with E-state index in [0.29, 0.717) is 5.56 Å². The number of halogens is 3. The molecule has 0 heterocycles. The van der Waals surface area contributed by atoms with Gasteiger partial charge in [-0.1, -0.05) is 22.0 Å². The molecule has 0 saturated heterocycles. The van der Waals surface area contributed by atoms with Crippen LogP contribution in [0.2, 0.25) is 0 Å². The molecule has 0 bridgehead atoms. The van der Waals surface area contributed by atoms with Gasteiger partial charge < -0.3 is 9.47 Å². The molecule has 0 aliphatic rings. The number of carbonyl (C=O) groups is 2. The van der Waals surface area contributed by atoms with Gasteiger partial charge in [-0.15, -0.1) is 0 Å². The predicted octanol–water partition coefficient (Wildman–Crippen LogP) is 6.12. The Kier molecular flexibility index (Phi) is 7.18. The van der Waals surface area contributed by atoms with E-state index in [4.69, 9.17) is 9.47 Å². The van der Waals surface area contributed by atoms with Gasteiger partial charge in [0.2, 0.25) is 5.60 Å². The fourth-order valence-electron chi connectivity index (χ4n) is 2.35. The highest BCUT2D eigenvalue weighted by Crippen LogP contribution is 2.29. The van der Waals surface area contributed by atoms with E-state index in [1.807, 2.05) is 0 Å². The summed E-state index contributed by atoms with van der Waals surface area (Å²) in [4.78, 5) is 24.4. The maximum Gasteiger partial charge on any atom is 0.350 e. The second kappa shape index (κ2) is 9.08. The van der Waals surface area contributed by atoms with Crippen molar-refractivity contribution in [2.75, 3.05) is 0 Å². The van der Waals surface area contributed by atoms with Gasteiger partial charge in [0.25, 0.3) is 0 Å². The van der Waals surface area contributed by atoms with Crippen molar-refractivity contribution in [3.05, 3.63) is 69.7 Å². The summed E-state index contributed by atoms with van der Waals surface area (Å²) in [6.07, 6.45) is 2.53. The number of esters is 1. The lowest BCUT2D eigenvalue weighted by Gasteiger charge is -2.29. The first-order valence-corrected chi connectivity index (χ1v) is 9.97. The first-order valence-electron chi connectivity index (χ1n) is 9.18. The molecule has 0 atom stereocenters. The molecular formula is C23H23BrF2O4. The lowest BCUT2D eigenvalue weighted by atomic mass is 10.1. The summed E-state index contributed by atoms with van der Waals surface area (Å²) in [6, 6.07) is 8.75. The largest absolute Gasteiger partial charge is 0.470 e. The Morgan fingerprint density at radius 1 is 0.967 bits per heavy atom. The highest BCUT2D eigenvalue weighted by Gasteiger charge is 2.36. The van der Waals surface area contributed by atoms with Crippen LogP contribution in [0.25, 0.3) is 6.08 Å². The minimum atomic E-state index is -1.61. The van der Waals surface area contributed by atoms with Gasteiger partial charge in [-0.2, -0.15) is 0 Å². The summed E-state index contributed by atoms with van der Waals surface area (Å²) in [5, 5.41) is 0. The number of benzene rings is 2. The van der Waals surface area contributed by atoms with Gasteiger partial charge in [0.05, 0.1) is 0 Å². The molecule has 4 nitrogen and oxygen atoms in total. The molecule has 0 unspecified atom stereocenters. The fraction of sp³-hybridized carbons (Fsp3) is 0.304. The van der Waals surface area contributed by atoms with Crippen LogP contribution in [0.15, 0.2) is 46.9 Å². The van der Waals surface area contributed by atoms with E-state index in [0.717, 1.165) is 16.6 Å². The summed E-state index contributed by atoms with van der Waals surface area (Å²) in [7, 11) is 0. The molecule has 0 N–H and O–H groups in total. The second-order valence-corrected chi connectivity index (χ2v) is 9.05. The van der Waals surface area contributed by atoms with Crippen LogP contribution in [0.1, 0.15) is 50.5 Å². The highest BCUT2D eigenvalue weighted by atomic mass is 79.9. The molecule has 2 rings (SSSR count). The molecule has 160 valence electrons. The summed E-state index contributed by atoms with van der Waals surface area (Å²) in [5.74, 6) is -3.75. The quantitative estimate of drug-likeness (QED) is 0.283. The summed E-state index contributed by atoms with van der Waals surface area (Å²) >= 11 is 3.28. The van der Waals surface area contributed by atoms with E-state index >= 15 is 0 Å². The number of hydrogen-bond acceptors (Lipinski definition) is 4. The minimum absolute atomic E-state index is 0.137. The molecular weight excluding hydrogens is 458 g/mol. The van der Waals surface area contributed by atoms with Crippen molar-refractivity contribution in [3.63, 3.8) is 0 Å². The molecule has 30 heavy (non-hydrogen) atoms.